The van der Waals surface area contributed by atoms with E-state index in [0.29, 0.717) is 15.3 Å². The summed E-state index contributed by atoms with van der Waals surface area (Å²) < 4.78 is 50.2. The predicted octanol–water partition coefficient (Wildman–Crippen LogP) is 3.48. The number of alkyl halides is 2. The Kier molecular flexibility index (Phi) is 4.17. The van der Waals surface area contributed by atoms with Gasteiger partial charge in [-0.1, -0.05) is 0 Å². The average molecular weight is 437 g/mol. The van der Waals surface area contributed by atoms with Crippen molar-refractivity contribution in [2.24, 2.45) is 5.73 Å². The summed E-state index contributed by atoms with van der Waals surface area (Å²) in [6, 6.07) is 0.968. The van der Waals surface area contributed by atoms with Gasteiger partial charge in [0, 0.05) is 22.2 Å². The molecule has 1 unspecified atom stereocenters. The summed E-state index contributed by atoms with van der Waals surface area (Å²) in [5, 5.41) is 0.00385. The number of rotatable bonds is 3. The molecule has 3 N–H and O–H groups in total. The van der Waals surface area contributed by atoms with Crippen LogP contribution in [0.5, 0.6) is 5.75 Å². The largest absolute Gasteiger partial charge is 0.494 e. The molecule has 2 heterocycles. The predicted molar refractivity (Wildman–Crippen MR) is 107 cm³/mol. The van der Waals surface area contributed by atoms with Crippen LogP contribution >= 0.6 is 11.3 Å². The Morgan fingerprint density at radius 2 is 2.03 bits per heavy atom. The average Bonchev–Trinajstić information content (AvgIpc) is 3.43. The highest BCUT2D eigenvalue weighted by Gasteiger charge is 2.43. The molecule has 2 aromatic heterocycles. The molecule has 2 aliphatic carbocycles. The first kappa shape index (κ1) is 19.4. The summed E-state index contributed by atoms with van der Waals surface area (Å²) in [7, 11) is 1.33. The number of aromatic amines is 1. The molecule has 1 atom stereocenters. The molecular formula is C20H18F3N3O3S. The number of ether oxygens (including phenoxy) is 1. The van der Waals surface area contributed by atoms with Crippen molar-refractivity contribution < 1.29 is 17.9 Å². The zero-order valence-corrected chi connectivity index (χ0v) is 16.7. The number of halogens is 3. The van der Waals surface area contributed by atoms with Gasteiger partial charge in [-0.2, -0.15) is 0 Å². The molecule has 1 aromatic carbocycles. The number of methoxy groups -OCH3 is 1. The quantitative estimate of drug-likeness (QED) is 0.657. The number of nitrogens with zero attached hydrogens (tertiary/aromatic N) is 1. The van der Waals surface area contributed by atoms with Crippen LogP contribution in [0.15, 0.2) is 21.7 Å². The van der Waals surface area contributed by atoms with E-state index in [1.165, 1.54) is 29.1 Å². The van der Waals surface area contributed by atoms with E-state index >= 15 is 4.39 Å². The number of hydrogen-bond acceptors (Lipinski definition) is 5. The third kappa shape index (κ3) is 2.73. The molecule has 1 saturated carbocycles. The second kappa shape index (κ2) is 6.45. The minimum atomic E-state index is -3.03. The number of fused-ring (bicyclic) bond motifs is 2. The van der Waals surface area contributed by atoms with Crippen molar-refractivity contribution in [1.29, 1.82) is 0 Å². The summed E-state index contributed by atoms with van der Waals surface area (Å²) in [4.78, 5) is 28.1. The van der Waals surface area contributed by atoms with E-state index < -0.39 is 29.0 Å². The van der Waals surface area contributed by atoms with E-state index in [9.17, 15) is 18.4 Å². The van der Waals surface area contributed by atoms with Crippen molar-refractivity contribution in [3.63, 3.8) is 0 Å². The lowest BCUT2D eigenvalue weighted by molar-refractivity contribution is -0.0392. The summed E-state index contributed by atoms with van der Waals surface area (Å²) in [6.07, 6.45) is 1.29. The monoisotopic (exact) mass is 437 g/mol. The molecule has 0 amide bonds. The number of thiophene rings is 1. The summed E-state index contributed by atoms with van der Waals surface area (Å²) in [5.74, 6) is -3.72. The Bertz CT molecular complexity index is 1310. The topological polar surface area (TPSA) is 90.1 Å². The van der Waals surface area contributed by atoms with Crippen LogP contribution in [0, 0.1) is 5.82 Å². The lowest BCUT2D eigenvalue weighted by Crippen LogP contribution is -2.36. The zero-order valence-electron chi connectivity index (χ0n) is 15.9. The van der Waals surface area contributed by atoms with Gasteiger partial charge in [0.1, 0.15) is 11.3 Å². The maximum Gasteiger partial charge on any atom is 0.329 e. The van der Waals surface area contributed by atoms with E-state index in [-0.39, 0.29) is 41.1 Å². The second-order valence-electron chi connectivity index (χ2n) is 7.75. The maximum atomic E-state index is 15.2. The fraction of sp³-hybridized carbons (Fsp3) is 0.400. The van der Waals surface area contributed by atoms with Crippen molar-refractivity contribution in [2.45, 2.75) is 43.7 Å². The molecule has 10 heteroatoms. The van der Waals surface area contributed by atoms with Crippen LogP contribution in [0.2, 0.25) is 0 Å². The van der Waals surface area contributed by atoms with Gasteiger partial charge in [0.2, 0.25) is 0 Å². The molecule has 6 nitrogen and oxygen atoms in total. The van der Waals surface area contributed by atoms with Gasteiger partial charge < -0.3 is 10.5 Å². The van der Waals surface area contributed by atoms with Crippen LogP contribution in [-0.4, -0.2) is 22.6 Å². The van der Waals surface area contributed by atoms with Crippen LogP contribution in [0.3, 0.4) is 0 Å². The molecule has 0 saturated heterocycles. The first-order valence-corrected chi connectivity index (χ1v) is 10.4. The van der Waals surface area contributed by atoms with Crippen LogP contribution in [0.1, 0.15) is 41.8 Å². The highest BCUT2D eigenvalue weighted by atomic mass is 32.1. The summed E-state index contributed by atoms with van der Waals surface area (Å²) >= 11 is 1.18. The lowest BCUT2D eigenvalue weighted by Gasteiger charge is -2.28. The first-order chi connectivity index (χ1) is 14.2. The van der Waals surface area contributed by atoms with E-state index in [0.717, 1.165) is 18.9 Å². The molecule has 158 valence electrons. The number of benzene rings is 1. The summed E-state index contributed by atoms with van der Waals surface area (Å²) in [5.41, 5.74) is 5.02. The molecule has 0 spiro atoms. The molecular weight excluding hydrogens is 419 g/mol. The van der Waals surface area contributed by atoms with Gasteiger partial charge in [-0.25, -0.2) is 18.0 Å². The Hall–Kier alpha value is -2.59. The van der Waals surface area contributed by atoms with Crippen molar-refractivity contribution >= 4 is 22.2 Å². The van der Waals surface area contributed by atoms with Gasteiger partial charge in [0.05, 0.1) is 24.1 Å². The van der Waals surface area contributed by atoms with Crippen molar-refractivity contribution in [3.8, 4) is 16.2 Å². The number of aromatic nitrogens is 2. The van der Waals surface area contributed by atoms with Crippen LogP contribution in [-0.2, 0) is 6.42 Å². The Balaban J connectivity index is 1.81. The smallest absolute Gasteiger partial charge is 0.329 e. The third-order valence-electron chi connectivity index (χ3n) is 5.81. The Morgan fingerprint density at radius 3 is 2.70 bits per heavy atom. The first-order valence-electron chi connectivity index (χ1n) is 9.54. The van der Waals surface area contributed by atoms with Crippen LogP contribution in [0.25, 0.3) is 21.3 Å². The van der Waals surface area contributed by atoms with E-state index in [1.54, 1.807) is 0 Å². The van der Waals surface area contributed by atoms with Crippen LogP contribution < -0.4 is 21.7 Å². The molecule has 0 radical (unpaired) electrons. The lowest BCUT2D eigenvalue weighted by atomic mass is 9.90. The number of nitrogens with one attached hydrogen (secondary N) is 1. The highest BCUT2D eigenvalue weighted by Crippen LogP contribution is 2.49. The van der Waals surface area contributed by atoms with E-state index in [1.807, 2.05) is 0 Å². The number of nitrogens with two attached hydrogens (primary N) is 1. The number of aryl methyl sites for hydroxylation is 1. The summed E-state index contributed by atoms with van der Waals surface area (Å²) in [6.45, 7) is 0. The normalized spacial score (nSPS) is 20.4. The molecule has 3 aromatic rings. The van der Waals surface area contributed by atoms with Gasteiger partial charge in [0.15, 0.2) is 5.75 Å². The second-order valence-corrected chi connectivity index (χ2v) is 8.89. The van der Waals surface area contributed by atoms with E-state index in [2.05, 4.69) is 4.98 Å². The van der Waals surface area contributed by atoms with Gasteiger partial charge >= 0.3 is 5.69 Å². The minimum absolute atomic E-state index is 0.00385. The minimum Gasteiger partial charge on any atom is -0.494 e. The molecule has 5 rings (SSSR count). The molecule has 0 aliphatic heterocycles. The van der Waals surface area contributed by atoms with Crippen molar-refractivity contribution in [1.82, 2.24) is 9.55 Å². The third-order valence-corrected chi connectivity index (χ3v) is 7.04. The fourth-order valence-corrected chi connectivity index (χ4v) is 5.40. The Labute approximate surface area is 172 Å². The SMILES string of the molecule is COc1c(-c2cc3c(s2)CCC(F)(F)C3N)c(F)cc2c(=O)[nH]c(=O)n(C3CC3)c12. The standard InChI is InChI=1S/C20H18F3N3O3S/c1-29-16-14(13-7-9-12(30-13)4-5-20(22,23)17(9)24)11(21)6-10-15(16)26(8-2-3-8)19(28)25-18(10)27/h6-8,17H,2-5,24H2,1H3,(H,25,27,28). The fourth-order valence-electron chi connectivity index (χ4n) is 4.15. The van der Waals surface area contributed by atoms with Crippen LogP contribution in [0.4, 0.5) is 13.2 Å². The Morgan fingerprint density at radius 1 is 1.30 bits per heavy atom. The maximum absolute atomic E-state index is 15.2. The van der Waals surface area contributed by atoms with Crippen molar-refractivity contribution in [3.05, 3.63) is 49.2 Å². The molecule has 2 aliphatic rings. The van der Waals surface area contributed by atoms with Gasteiger partial charge in [-0.05, 0) is 37.0 Å². The molecule has 1 fully saturated rings. The van der Waals surface area contributed by atoms with Gasteiger partial charge in [0.25, 0.3) is 11.5 Å². The van der Waals surface area contributed by atoms with Gasteiger partial charge in [-0.3, -0.25) is 14.3 Å². The molecule has 30 heavy (non-hydrogen) atoms. The molecule has 0 bridgehead atoms. The van der Waals surface area contributed by atoms with Gasteiger partial charge in [-0.15, -0.1) is 11.3 Å². The van der Waals surface area contributed by atoms with E-state index in [4.69, 9.17) is 10.5 Å². The number of hydrogen-bond donors (Lipinski definition) is 2. The highest BCUT2D eigenvalue weighted by molar-refractivity contribution is 7.15. The zero-order chi connectivity index (χ0) is 21.4. The van der Waals surface area contributed by atoms with Crippen molar-refractivity contribution in [2.75, 3.05) is 7.11 Å². The number of H-pyrrole nitrogens is 1.